The normalized spacial score (nSPS) is 11.9. The van der Waals surface area contributed by atoms with Gasteiger partial charge in [-0.25, -0.2) is 0 Å². The first-order chi connectivity index (χ1) is 10.4. The third-order valence-electron chi connectivity index (χ3n) is 3.09. The largest absolute Gasteiger partial charge is 0.346 e. The summed E-state index contributed by atoms with van der Waals surface area (Å²) in [5, 5.41) is 7.32. The van der Waals surface area contributed by atoms with E-state index in [0.29, 0.717) is 15.6 Å². The molecule has 9 heteroatoms. The number of benzene rings is 1. The van der Waals surface area contributed by atoms with Crippen LogP contribution in [0.5, 0.6) is 0 Å². The van der Waals surface area contributed by atoms with E-state index in [2.05, 4.69) is 15.5 Å². The lowest BCUT2D eigenvalue weighted by Gasteiger charge is -2.14. The van der Waals surface area contributed by atoms with Gasteiger partial charge in [0.25, 0.3) is 0 Å². The second-order valence-electron chi connectivity index (χ2n) is 5.10. The molecule has 1 heterocycles. The highest BCUT2D eigenvalue weighted by Crippen LogP contribution is 2.32. The minimum Gasteiger partial charge on any atom is -0.346 e. The van der Waals surface area contributed by atoms with Gasteiger partial charge in [0.05, 0.1) is 28.2 Å². The Labute approximate surface area is 150 Å². The van der Waals surface area contributed by atoms with E-state index in [9.17, 15) is 4.79 Å². The summed E-state index contributed by atoms with van der Waals surface area (Å²) in [5.41, 5.74) is 6.24. The van der Waals surface area contributed by atoms with Crippen LogP contribution in [0.15, 0.2) is 22.7 Å². The van der Waals surface area contributed by atoms with Crippen LogP contribution < -0.4 is 11.1 Å². The minimum atomic E-state index is -0.583. The van der Waals surface area contributed by atoms with Crippen molar-refractivity contribution in [2.24, 2.45) is 11.7 Å². The SMILES string of the molecule is CC(C)[C@H](N)C(=O)NCc1nc(-c2c(Cl)cccc2Cl)no1.Cl. The van der Waals surface area contributed by atoms with E-state index in [1.165, 1.54) is 0 Å². The van der Waals surface area contributed by atoms with Crippen LogP contribution >= 0.6 is 35.6 Å². The third kappa shape index (κ3) is 4.81. The molecule has 126 valence electrons. The van der Waals surface area contributed by atoms with Crippen LogP contribution in [0.25, 0.3) is 11.4 Å². The molecule has 1 amide bonds. The summed E-state index contributed by atoms with van der Waals surface area (Å²) in [4.78, 5) is 16.0. The molecule has 0 aliphatic carbocycles. The Morgan fingerprint density at radius 2 is 1.96 bits per heavy atom. The number of amides is 1. The molecule has 23 heavy (non-hydrogen) atoms. The lowest BCUT2D eigenvalue weighted by atomic mass is 10.1. The fourth-order valence-electron chi connectivity index (χ4n) is 1.72. The Bertz CT molecular complexity index is 656. The number of carbonyl (C=O) groups excluding carboxylic acids is 1. The predicted octanol–water partition coefficient (Wildman–Crippen LogP) is 3.06. The molecule has 2 aromatic rings. The average molecular weight is 380 g/mol. The number of nitrogens with one attached hydrogen (secondary N) is 1. The molecule has 0 unspecified atom stereocenters. The van der Waals surface area contributed by atoms with Gasteiger partial charge in [-0.1, -0.05) is 48.3 Å². The summed E-state index contributed by atoms with van der Waals surface area (Å²) in [6.45, 7) is 3.83. The molecule has 0 saturated carbocycles. The summed E-state index contributed by atoms with van der Waals surface area (Å²) in [6, 6.07) is 4.51. The van der Waals surface area contributed by atoms with E-state index in [-0.39, 0.29) is 42.5 Å². The smallest absolute Gasteiger partial charge is 0.246 e. The quantitative estimate of drug-likeness (QED) is 0.832. The standard InChI is InChI=1S/C14H16Cl2N4O2.ClH/c1-7(2)12(17)14(21)18-6-10-19-13(20-22-10)11-8(15)4-3-5-9(11)16;/h3-5,7,12H,6,17H2,1-2H3,(H,18,21);1H/t12-;/m0./s1. The Kier molecular flexibility index (Phi) is 7.28. The summed E-state index contributed by atoms with van der Waals surface area (Å²) < 4.78 is 5.09. The van der Waals surface area contributed by atoms with Crippen LogP contribution in [-0.4, -0.2) is 22.1 Å². The van der Waals surface area contributed by atoms with Crippen molar-refractivity contribution in [1.29, 1.82) is 0 Å². The molecule has 0 radical (unpaired) electrons. The average Bonchev–Trinajstić information content (AvgIpc) is 2.92. The first-order valence-corrected chi connectivity index (χ1v) is 7.46. The molecule has 2 rings (SSSR count). The van der Waals surface area contributed by atoms with Gasteiger partial charge < -0.3 is 15.6 Å². The third-order valence-corrected chi connectivity index (χ3v) is 3.72. The molecular formula is C14H17Cl3N4O2. The van der Waals surface area contributed by atoms with Crippen LogP contribution in [0.3, 0.4) is 0 Å². The molecule has 1 atom stereocenters. The fourth-order valence-corrected chi connectivity index (χ4v) is 2.29. The summed E-state index contributed by atoms with van der Waals surface area (Å²) in [6.07, 6.45) is 0. The molecule has 0 aliphatic rings. The Balaban J connectivity index is 0.00000264. The highest BCUT2D eigenvalue weighted by Gasteiger charge is 2.19. The second-order valence-corrected chi connectivity index (χ2v) is 5.91. The Morgan fingerprint density at radius 3 is 2.52 bits per heavy atom. The van der Waals surface area contributed by atoms with Crippen LogP contribution in [0, 0.1) is 5.92 Å². The number of halogens is 3. The molecule has 0 saturated heterocycles. The number of hydrogen-bond acceptors (Lipinski definition) is 5. The van der Waals surface area contributed by atoms with Crippen molar-refractivity contribution < 1.29 is 9.32 Å². The van der Waals surface area contributed by atoms with Gasteiger partial charge in [-0.3, -0.25) is 4.79 Å². The zero-order chi connectivity index (χ0) is 16.3. The molecular weight excluding hydrogens is 363 g/mol. The molecule has 3 N–H and O–H groups in total. The zero-order valence-corrected chi connectivity index (χ0v) is 14.9. The molecule has 0 aliphatic heterocycles. The number of hydrogen-bond donors (Lipinski definition) is 2. The molecule has 6 nitrogen and oxygen atoms in total. The predicted molar refractivity (Wildman–Crippen MR) is 91.7 cm³/mol. The minimum absolute atomic E-state index is 0. The van der Waals surface area contributed by atoms with E-state index in [4.69, 9.17) is 33.5 Å². The zero-order valence-electron chi connectivity index (χ0n) is 12.5. The number of aromatic nitrogens is 2. The van der Waals surface area contributed by atoms with Gasteiger partial charge >= 0.3 is 0 Å². The summed E-state index contributed by atoms with van der Waals surface area (Å²) in [7, 11) is 0. The number of rotatable bonds is 5. The van der Waals surface area contributed by atoms with E-state index in [1.54, 1.807) is 18.2 Å². The van der Waals surface area contributed by atoms with Gasteiger partial charge in [0, 0.05) is 0 Å². The van der Waals surface area contributed by atoms with Gasteiger partial charge in [0.15, 0.2) is 0 Å². The molecule has 0 fully saturated rings. The fraction of sp³-hybridized carbons (Fsp3) is 0.357. The van der Waals surface area contributed by atoms with Crippen LogP contribution in [0.4, 0.5) is 0 Å². The molecule has 1 aromatic carbocycles. The maximum atomic E-state index is 11.8. The van der Waals surface area contributed by atoms with Crippen molar-refractivity contribution >= 4 is 41.5 Å². The van der Waals surface area contributed by atoms with Crippen molar-refractivity contribution in [3.05, 3.63) is 34.1 Å². The van der Waals surface area contributed by atoms with Crippen LogP contribution in [0.2, 0.25) is 10.0 Å². The van der Waals surface area contributed by atoms with E-state index >= 15 is 0 Å². The van der Waals surface area contributed by atoms with Gasteiger partial charge in [0.2, 0.25) is 17.6 Å². The van der Waals surface area contributed by atoms with Gasteiger partial charge in [0.1, 0.15) is 0 Å². The highest BCUT2D eigenvalue weighted by atomic mass is 35.5. The monoisotopic (exact) mass is 378 g/mol. The molecule has 0 bridgehead atoms. The number of nitrogens with zero attached hydrogens (tertiary/aromatic N) is 2. The van der Waals surface area contributed by atoms with E-state index < -0.39 is 6.04 Å². The summed E-state index contributed by atoms with van der Waals surface area (Å²) >= 11 is 12.2. The maximum absolute atomic E-state index is 11.8. The van der Waals surface area contributed by atoms with Crippen molar-refractivity contribution in [3.8, 4) is 11.4 Å². The lowest BCUT2D eigenvalue weighted by Crippen LogP contribution is -2.43. The molecule has 0 spiro atoms. The van der Waals surface area contributed by atoms with Crippen molar-refractivity contribution in [2.75, 3.05) is 0 Å². The van der Waals surface area contributed by atoms with Gasteiger partial charge in [-0.2, -0.15) is 4.98 Å². The Hall–Kier alpha value is -1.34. The second kappa shape index (κ2) is 8.49. The molecule has 1 aromatic heterocycles. The van der Waals surface area contributed by atoms with Gasteiger partial charge in [-0.15, -0.1) is 12.4 Å². The van der Waals surface area contributed by atoms with Crippen LogP contribution in [-0.2, 0) is 11.3 Å². The first kappa shape index (κ1) is 19.7. The number of carbonyl (C=O) groups is 1. The number of nitrogens with two attached hydrogens (primary N) is 1. The van der Waals surface area contributed by atoms with E-state index in [0.717, 1.165) is 0 Å². The first-order valence-electron chi connectivity index (χ1n) is 6.70. The highest BCUT2D eigenvalue weighted by molar-refractivity contribution is 6.38. The lowest BCUT2D eigenvalue weighted by molar-refractivity contribution is -0.123. The van der Waals surface area contributed by atoms with Crippen molar-refractivity contribution in [2.45, 2.75) is 26.4 Å². The maximum Gasteiger partial charge on any atom is 0.246 e. The van der Waals surface area contributed by atoms with Crippen LogP contribution in [0.1, 0.15) is 19.7 Å². The van der Waals surface area contributed by atoms with Gasteiger partial charge in [-0.05, 0) is 18.1 Å². The summed E-state index contributed by atoms with van der Waals surface area (Å²) in [5.74, 6) is 0.286. The van der Waals surface area contributed by atoms with Crippen molar-refractivity contribution in [3.63, 3.8) is 0 Å². The topological polar surface area (TPSA) is 94.0 Å². The van der Waals surface area contributed by atoms with Crippen molar-refractivity contribution in [1.82, 2.24) is 15.5 Å². The Morgan fingerprint density at radius 1 is 1.35 bits per heavy atom. The van der Waals surface area contributed by atoms with E-state index in [1.807, 2.05) is 13.8 Å².